The molecule has 0 spiro atoms. The van der Waals surface area contributed by atoms with Crippen molar-refractivity contribution in [1.82, 2.24) is 16.0 Å². The highest BCUT2D eigenvalue weighted by molar-refractivity contribution is 5.96. The third kappa shape index (κ3) is 6.43. The molecule has 0 fully saturated rings. The van der Waals surface area contributed by atoms with E-state index in [1.807, 2.05) is 47.8 Å². The molecule has 0 radical (unpaired) electrons. The second kappa shape index (κ2) is 9.91. The average Bonchev–Trinajstić information content (AvgIpc) is 2.65. The second-order valence-corrected chi connectivity index (χ2v) is 5.66. The monoisotopic (exact) mass is 371 g/mol. The number of rotatable bonds is 7. The van der Waals surface area contributed by atoms with Crippen molar-refractivity contribution in [2.45, 2.75) is 13.3 Å². The zero-order chi connectivity index (χ0) is 19.6. The Labute approximate surface area is 156 Å². The van der Waals surface area contributed by atoms with Crippen molar-refractivity contribution in [2.24, 2.45) is 0 Å². The van der Waals surface area contributed by atoms with Crippen molar-refractivity contribution in [2.75, 3.05) is 19.7 Å². The van der Waals surface area contributed by atoms with Crippen molar-refractivity contribution in [3.8, 4) is 0 Å². The van der Waals surface area contributed by atoms with Gasteiger partial charge in [-0.25, -0.2) is 4.79 Å². The largest absolute Gasteiger partial charge is 0.454 e. The first-order valence-electron chi connectivity index (χ1n) is 8.46. The van der Waals surface area contributed by atoms with Gasteiger partial charge in [-0.2, -0.15) is 0 Å². The lowest BCUT2D eigenvalue weighted by Gasteiger charge is -2.08. The second-order valence-electron chi connectivity index (χ2n) is 5.66. The molecular formula is C19H21N3O5. The zero-order valence-electron chi connectivity index (χ0n) is 14.9. The lowest BCUT2D eigenvalue weighted by Crippen LogP contribution is -2.41. The molecule has 0 aliphatic carbocycles. The summed E-state index contributed by atoms with van der Waals surface area (Å²) in [5.41, 5.74) is 0.847. The Morgan fingerprint density at radius 3 is 2.44 bits per heavy atom. The maximum atomic E-state index is 12.1. The summed E-state index contributed by atoms with van der Waals surface area (Å²) in [7, 11) is 0. The molecule has 4 amide bonds. The summed E-state index contributed by atoms with van der Waals surface area (Å²) in [6.07, 6.45) is 0.117. The fourth-order valence-electron chi connectivity index (χ4n) is 2.42. The third-order valence-electron chi connectivity index (χ3n) is 3.62. The van der Waals surface area contributed by atoms with Gasteiger partial charge in [-0.1, -0.05) is 42.5 Å². The molecule has 0 atom stereocenters. The van der Waals surface area contributed by atoms with E-state index in [0.29, 0.717) is 6.54 Å². The van der Waals surface area contributed by atoms with Crippen molar-refractivity contribution < 1.29 is 23.9 Å². The average molecular weight is 371 g/mol. The fourth-order valence-corrected chi connectivity index (χ4v) is 2.42. The van der Waals surface area contributed by atoms with Gasteiger partial charge < -0.3 is 15.4 Å². The maximum absolute atomic E-state index is 12.1. The Kier molecular flexibility index (Phi) is 7.30. The predicted octanol–water partition coefficient (Wildman–Crippen LogP) is 0.887. The normalized spacial score (nSPS) is 10.1. The van der Waals surface area contributed by atoms with Crippen LogP contribution in [0.5, 0.6) is 0 Å². The summed E-state index contributed by atoms with van der Waals surface area (Å²) in [6, 6.07) is 12.7. The van der Waals surface area contributed by atoms with Crippen LogP contribution in [0.2, 0.25) is 0 Å². The first-order chi connectivity index (χ1) is 13.0. The molecule has 8 heteroatoms. The van der Waals surface area contributed by atoms with Crippen LogP contribution in [0, 0.1) is 0 Å². The van der Waals surface area contributed by atoms with Crippen LogP contribution in [0.15, 0.2) is 42.5 Å². The van der Waals surface area contributed by atoms with Crippen LogP contribution in [0.4, 0.5) is 4.79 Å². The molecule has 0 unspecified atom stereocenters. The Balaban J connectivity index is 1.76. The first kappa shape index (κ1) is 19.9. The minimum atomic E-state index is -0.771. The van der Waals surface area contributed by atoms with Gasteiger partial charge >= 0.3 is 12.0 Å². The highest BCUT2D eigenvalue weighted by Crippen LogP contribution is 2.18. The van der Waals surface area contributed by atoms with Gasteiger partial charge in [-0.05, 0) is 23.3 Å². The number of hydrogen-bond acceptors (Lipinski definition) is 5. The van der Waals surface area contributed by atoms with Gasteiger partial charge in [0.05, 0.1) is 6.42 Å². The highest BCUT2D eigenvalue weighted by atomic mass is 16.5. The van der Waals surface area contributed by atoms with E-state index >= 15 is 0 Å². The number of urea groups is 1. The number of ether oxygens (including phenoxy) is 1. The summed E-state index contributed by atoms with van der Waals surface area (Å²) in [6.45, 7) is 1.10. The lowest BCUT2D eigenvalue weighted by atomic mass is 10.0. The van der Waals surface area contributed by atoms with Gasteiger partial charge in [-0.3, -0.25) is 19.7 Å². The van der Waals surface area contributed by atoms with Gasteiger partial charge in [0.25, 0.3) is 5.91 Å². The molecule has 0 aliphatic rings. The van der Waals surface area contributed by atoms with Gasteiger partial charge in [0, 0.05) is 6.54 Å². The van der Waals surface area contributed by atoms with E-state index in [1.54, 1.807) is 6.92 Å². The molecular weight excluding hydrogens is 350 g/mol. The minimum Gasteiger partial charge on any atom is -0.454 e. The van der Waals surface area contributed by atoms with Crippen molar-refractivity contribution >= 4 is 34.6 Å². The number of nitrogens with one attached hydrogen (secondary N) is 3. The molecule has 0 aliphatic heterocycles. The van der Waals surface area contributed by atoms with Crippen molar-refractivity contribution in [3.63, 3.8) is 0 Å². The fraction of sp³-hybridized carbons (Fsp3) is 0.263. The molecule has 0 saturated carbocycles. The minimum absolute atomic E-state index is 0.117. The Morgan fingerprint density at radius 1 is 0.926 bits per heavy atom. The number of fused-ring (bicyclic) bond motifs is 1. The van der Waals surface area contributed by atoms with E-state index in [4.69, 9.17) is 4.74 Å². The summed E-state index contributed by atoms with van der Waals surface area (Å²) in [5.74, 6) is -1.86. The number of carbonyl (C=O) groups excluding carboxylic acids is 4. The molecule has 2 rings (SSSR count). The van der Waals surface area contributed by atoms with E-state index in [9.17, 15) is 19.2 Å². The SMILES string of the molecule is CCNC(=O)NC(=O)COC(=O)CNC(=O)Cc1cccc2ccccc12. The summed E-state index contributed by atoms with van der Waals surface area (Å²) < 4.78 is 4.71. The number of amides is 4. The van der Waals surface area contributed by atoms with Crippen LogP contribution >= 0.6 is 0 Å². The van der Waals surface area contributed by atoms with Crippen molar-refractivity contribution in [1.29, 1.82) is 0 Å². The van der Waals surface area contributed by atoms with Gasteiger partial charge in [0.1, 0.15) is 6.54 Å². The van der Waals surface area contributed by atoms with E-state index in [2.05, 4.69) is 10.6 Å². The lowest BCUT2D eigenvalue weighted by molar-refractivity contribution is -0.148. The van der Waals surface area contributed by atoms with Gasteiger partial charge in [-0.15, -0.1) is 0 Å². The molecule has 2 aromatic rings. The molecule has 0 saturated heterocycles. The Bertz CT molecular complexity index is 845. The first-order valence-corrected chi connectivity index (χ1v) is 8.46. The topological polar surface area (TPSA) is 114 Å². The number of benzene rings is 2. The van der Waals surface area contributed by atoms with Gasteiger partial charge in [0.15, 0.2) is 6.61 Å². The Hall–Kier alpha value is -3.42. The van der Waals surface area contributed by atoms with Crippen molar-refractivity contribution in [3.05, 3.63) is 48.0 Å². The van der Waals surface area contributed by atoms with Gasteiger partial charge in [0.2, 0.25) is 5.91 Å². The molecule has 0 bridgehead atoms. The molecule has 27 heavy (non-hydrogen) atoms. The zero-order valence-corrected chi connectivity index (χ0v) is 14.9. The molecule has 2 aromatic carbocycles. The molecule has 0 heterocycles. The van der Waals surface area contributed by atoms with Crippen LogP contribution in [-0.4, -0.2) is 43.5 Å². The smallest absolute Gasteiger partial charge is 0.325 e. The van der Waals surface area contributed by atoms with Crippen LogP contribution in [0.25, 0.3) is 10.8 Å². The molecule has 0 aromatic heterocycles. The number of imide groups is 1. The van der Waals surface area contributed by atoms with E-state index in [0.717, 1.165) is 16.3 Å². The standard InChI is InChI=1S/C19H21N3O5/c1-2-20-19(26)22-17(24)12-27-18(25)11-21-16(23)10-14-8-5-7-13-6-3-4-9-15(13)14/h3-9H,2,10-12H2,1H3,(H,21,23)(H2,20,22,24,26). The molecule has 142 valence electrons. The van der Waals surface area contributed by atoms with E-state index in [1.165, 1.54) is 0 Å². The number of hydrogen-bond donors (Lipinski definition) is 3. The molecule has 8 nitrogen and oxygen atoms in total. The third-order valence-corrected chi connectivity index (χ3v) is 3.62. The predicted molar refractivity (Wildman–Crippen MR) is 98.8 cm³/mol. The summed E-state index contributed by atoms with van der Waals surface area (Å²) >= 11 is 0. The summed E-state index contributed by atoms with van der Waals surface area (Å²) in [5, 5.41) is 8.82. The maximum Gasteiger partial charge on any atom is 0.325 e. The number of carbonyl (C=O) groups is 4. The van der Waals surface area contributed by atoms with E-state index < -0.39 is 24.5 Å². The molecule has 3 N–H and O–H groups in total. The number of esters is 1. The highest BCUT2D eigenvalue weighted by Gasteiger charge is 2.12. The van der Waals surface area contributed by atoms with E-state index in [-0.39, 0.29) is 18.9 Å². The quantitative estimate of drug-likeness (QED) is 0.626. The van der Waals surface area contributed by atoms with Crippen LogP contribution in [0.1, 0.15) is 12.5 Å². The van der Waals surface area contributed by atoms with Crippen LogP contribution in [-0.2, 0) is 25.5 Å². The summed E-state index contributed by atoms with van der Waals surface area (Å²) in [4.78, 5) is 46.2. The Morgan fingerprint density at radius 2 is 1.67 bits per heavy atom. The van der Waals surface area contributed by atoms with Crippen LogP contribution < -0.4 is 16.0 Å². The van der Waals surface area contributed by atoms with Crippen LogP contribution in [0.3, 0.4) is 0 Å².